The highest BCUT2D eigenvalue weighted by Crippen LogP contribution is 2.31. The van der Waals surface area contributed by atoms with Crippen molar-refractivity contribution < 1.29 is 4.79 Å². The quantitative estimate of drug-likeness (QED) is 0.441. The van der Waals surface area contributed by atoms with E-state index < -0.39 is 0 Å². The highest BCUT2D eigenvalue weighted by Gasteiger charge is 2.12. The molecule has 152 valence electrons. The number of rotatable bonds is 5. The first-order valence-corrected chi connectivity index (χ1v) is 10.5. The number of urea groups is 1. The van der Waals surface area contributed by atoms with E-state index in [2.05, 4.69) is 32.6 Å². The Kier molecular flexibility index (Phi) is 5.67. The third-order valence-corrected chi connectivity index (χ3v) is 5.98. The molecule has 2 amide bonds. The average Bonchev–Trinajstić information content (AvgIpc) is 3.21. The Hall–Kier alpha value is -3.39. The lowest BCUT2D eigenvalue weighted by molar-refractivity contribution is 0.262. The van der Waals surface area contributed by atoms with Crippen LogP contribution in [-0.2, 0) is 6.42 Å². The van der Waals surface area contributed by atoms with E-state index in [1.807, 2.05) is 62.4 Å². The van der Waals surface area contributed by atoms with Gasteiger partial charge in [0, 0.05) is 27.5 Å². The molecule has 0 saturated carbocycles. The minimum atomic E-state index is -0.274. The van der Waals surface area contributed by atoms with Gasteiger partial charge in [-0.1, -0.05) is 30.8 Å². The second-order valence-corrected chi connectivity index (χ2v) is 7.92. The molecule has 0 bridgehead atoms. The molecule has 4 rings (SSSR count). The van der Waals surface area contributed by atoms with E-state index in [0.29, 0.717) is 5.78 Å². The number of amides is 2. The molecule has 0 saturated heterocycles. The number of fused-ring (bicyclic) bond motifs is 1. The standard InChI is InChI=1S/C22H22N6OS/c1-4-16-5-7-17(8-6-16)26-22(29)27-18-9-11-19(12-10-18)30-20-14(2)15(3)25-21-23-13-24-28(20)21/h5-13H,4H2,1-3H3,(H2,26,27,29). The summed E-state index contributed by atoms with van der Waals surface area (Å²) < 4.78 is 1.75. The van der Waals surface area contributed by atoms with Crippen molar-refractivity contribution in [1.29, 1.82) is 0 Å². The van der Waals surface area contributed by atoms with E-state index in [4.69, 9.17) is 0 Å². The number of anilines is 2. The number of hydrogen-bond acceptors (Lipinski definition) is 5. The number of carbonyl (C=O) groups excluding carboxylic acids is 1. The van der Waals surface area contributed by atoms with Crippen LogP contribution in [0.2, 0.25) is 0 Å². The van der Waals surface area contributed by atoms with Crippen LogP contribution in [0.5, 0.6) is 0 Å². The molecule has 4 aromatic rings. The Morgan fingerprint density at radius 3 is 2.27 bits per heavy atom. The molecule has 0 aliphatic carbocycles. The molecule has 0 aliphatic heterocycles. The summed E-state index contributed by atoms with van der Waals surface area (Å²) >= 11 is 1.59. The number of aromatic nitrogens is 4. The molecule has 2 aromatic carbocycles. The zero-order valence-electron chi connectivity index (χ0n) is 17.0. The summed E-state index contributed by atoms with van der Waals surface area (Å²) in [5.41, 5.74) is 4.71. The van der Waals surface area contributed by atoms with E-state index >= 15 is 0 Å². The van der Waals surface area contributed by atoms with Gasteiger partial charge >= 0.3 is 6.03 Å². The lowest BCUT2D eigenvalue weighted by atomic mass is 10.1. The van der Waals surface area contributed by atoms with Crippen molar-refractivity contribution in [2.24, 2.45) is 0 Å². The lowest BCUT2D eigenvalue weighted by Crippen LogP contribution is -2.19. The van der Waals surface area contributed by atoms with Crippen LogP contribution in [0.3, 0.4) is 0 Å². The Morgan fingerprint density at radius 1 is 1.00 bits per heavy atom. The number of hydrogen-bond donors (Lipinski definition) is 2. The predicted octanol–water partition coefficient (Wildman–Crippen LogP) is 5.10. The first-order valence-electron chi connectivity index (χ1n) is 9.65. The predicted molar refractivity (Wildman–Crippen MR) is 119 cm³/mol. The Balaban J connectivity index is 1.44. The SMILES string of the molecule is CCc1ccc(NC(=O)Nc2ccc(Sc3c(C)c(C)nc4ncnn34)cc2)cc1. The number of aryl methyl sites for hydroxylation is 2. The number of nitrogens with zero attached hydrogens (tertiary/aromatic N) is 4. The smallest absolute Gasteiger partial charge is 0.308 e. The van der Waals surface area contributed by atoms with E-state index in [1.165, 1.54) is 11.9 Å². The molecule has 0 spiro atoms. The monoisotopic (exact) mass is 418 g/mol. The highest BCUT2D eigenvalue weighted by atomic mass is 32.2. The van der Waals surface area contributed by atoms with Crippen molar-refractivity contribution in [2.75, 3.05) is 10.6 Å². The van der Waals surface area contributed by atoms with Crippen molar-refractivity contribution in [3.05, 3.63) is 71.7 Å². The van der Waals surface area contributed by atoms with Gasteiger partial charge in [0.2, 0.25) is 0 Å². The van der Waals surface area contributed by atoms with Gasteiger partial charge in [0.25, 0.3) is 5.78 Å². The maximum Gasteiger partial charge on any atom is 0.323 e. The van der Waals surface area contributed by atoms with Gasteiger partial charge in [0.05, 0.1) is 0 Å². The fourth-order valence-corrected chi connectivity index (χ4v) is 3.97. The van der Waals surface area contributed by atoms with Crippen LogP contribution in [0.1, 0.15) is 23.7 Å². The van der Waals surface area contributed by atoms with Crippen molar-refractivity contribution in [1.82, 2.24) is 19.6 Å². The molecule has 2 aromatic heterocycles. The third kappa shape index (κ3) is 4.28. The summed E-state index contributed by atoms with van der Waals surface area (Å²) in [6, 6.07) is 15.2. The summed E-state index contributed by atoms with van der Waals surface area (Å²) in [7, 11) is 0. The number of carbonyl (C=O) groups is 1. The van der Waals surface area contributed by atoms with Gasteiger partial charge in [0.15, 0.2) is 0 Å². The molecule has 2 N–H and O–H groups in total. The van der Waals surface area contributed by atoms with Crippen LogP contribution in [0.25, 0.3) is 5.78 Å². The number of benzene rings is 2. The maximum absolute atomic E-state index is 12.3. The van der Waals surface area contributed by atoms with Gasteiger partial charge in [-0.3, -0.25) is 0 Å². The van der Waals surface area contributed by atoms with Crippen LogP contribution in [0.4, 0.5) is 16.2 Å². The molecular formula is C22H22N6OS. The molecule has 2 heterocycles. The van der Waals surface area contributed by atoms with Crippen LogP contribution in [-0.4, -0.2) is 25.6 Å². The van der Waals surface area contributed by atoms with Gasteiger partial charge in [0.1, 0.15) is 11.4 Å². The van der Waals surface area contributed by atoms with Crippen molar-refractivity contribution in [2.45, 2.75) is 37.1 Å². The molecule has 0 fully saturated rings. The Morgan fingerprint density at radius 2 is 1.63 bits per heavy atom. The molecular weight excluding hydrogens is 396 g/mol. The van der Waals surface area contributed by atoms with Crippen LogP contribution < -0.4 is 10.6 Å². The van der Waals surface area contributed by atoms with Crippen molar-refractivity contribution >= 4 is 34.9 Å². The summed E-state index contributed by atoms with van der Waals surface area (Å²) in [6.45, 7) is 6.09. The fourth-order valence-electron chi connectivity index (χ4n) is 2.96. The first-order chi connectivity index (χ1) is 14.5. The van der Waals surface area contributed by atoms with Gasteiger partial charge in [-0.25, -0.2) is 9.78 Å². The molecule has 30 heavy (non-hydrogen) atoms. The first kappa shape index (κ1) is 19.9. The zero-order valence-corrected chi connectivity index (χ0v) is 17.8. The maximum atomic E-state index is 12.3. The fraction of sp³-hybridized carbons (Fsp3) is 0.182. The molecule has 0 aliphatic rings. The topological polar surface area (TPSA) is 84.2 Å². The summed E-state index contributed by atoms with van der Waals surface area (Å²) in [5.74, 6) is 0.586. The highest BCUT2D eigenvalue weighted by molar-refractivity contribution is 7.99. The van der Waals surface area contributed by atoms with E-state index in [1.54, 1.807) is 16.3 Å². The summed E-state index contributed by atoms with van der Waals surface area (Å²) in [5, 5.41) is 11.0. The zero-order chi connectivity index (χ0) is 21.1. The van der Waals surface area contributed by atoms with Gasteiger partial charge < -0.3 is 10.6 Å². The molecule has 8 heteroatoms. The third-order valence-electron chi connectivity index (χ3n) is 4.80. The molecule has 0 radical (unpaired) electrons. The van der Waals surface area contributed by atoms with E-state index in [-0.39, 0.29) is 6.03 Å². The minimum Gasteiger partial charge on any atom is -0.308 e. The summed E-state index contributed by atoms with van der Waals surface area (Å²) in [4.78, 5) is 21.9. The second kappa shape index (κ2) is 8.54. The van der Waals surface area contributed by atoms with Crippen LogP contribution in [0, 0.1) is 13.8 Å². The van der Waals surface area contributed by atoms with E-state index in [9.17, 15) is 4.79 Å². The Labute approximate surface area is 179 Å². The van der Waals surface area contributed by atoms with Crippen molar-refractivity contribution in [3.8, 4) is 0 Å². The Bertz CT molecular complexity index is 1180. The van der Waals surface area contributed by atoms with Crippen LogP contribution in [0.15, 0.2) is 64.8 Å². The van der Waals surface area contributed by atoms with Gasteiger partial charge in [-0.15, -0.1) is 0 Å². The average molecular weight is 419 g/mol. The lowest BCUT2D eigenvalue weighted by Gasteiger charge is -2.11. The van der Waals surface area contributed by atoms with Crippen molar-refractivity contribution in [3.63, 3.8) is 0 Å². The second-order valence-electron chi connectivity index (χ2n) is 6.86. The molecule has 7 nitrogen and oxygen atoms in total. The normalized spacial score (nSPS) is 10.9. The molecule has 0 unspecified atom stereocenters. The van der Waals surface area contributed by atoms with Gasteiger partial charge in [-0.05, 0) is 62.2 Å². The largest absolute Gasteiger partial charge is 0.323 e. The minimum absolute atomic E-state index is 0.274. The summed E-state index contributed by atoms with van der Waals surface area (Å²) in [6.07, 6.45) is 2.48. The van der Waals surface area contributed by atoms with Gasteiger partial charge in [-0.2, -0.15) is 14.6 Å². The molecule has 0 atom stereocenters. The van der Waals surface area contributed by atoms with Crippen LogP contribution >= 0.6 is 11.8 Å². The number of nitrogens with one attached hydrogen (secondary N) is 2. The van der Waals surface area contributed by atoms with E-state index in [0.717, 1.165) is 39.0 Å².